The van der Waals surface area contributed by atoms with Crippen LogP contribution in [0, 0.1) is 5.92 Å². The van der Waals surface area contributed by atoms with Crippen LogP contribution in [0.1, 0.15) is 19.3 Å². The van der Waals surface area contributed by atoms with E-state index >= 15 is 0 Å². The van der Waals surface area contributed by atoms with Crippen LogP contribution in [-0.4, -0.2) is 42.9 Å². The number of nitrogens with one attached hydrogen (secondary N) is 1. The standard InChI is InChI=1S/C8H14N2O4S/c11-8(12)3-6-4-9-15(13,14)10(5-6)7-1-2-7/h6-7,9H,1-5H2,(H,11,12). The van der Waals surface area contributed by atoms with E-state index in [-0.39, 0.29) is 24.9 Å². The summed E-state index contributed by atoms with van der Waals surface area (Å²) in [7, 11) is -3.34. The number of rotatable bonds is 3. The first-order chi connectivity index (χ1) is 6.99. The van der Waals surface area contributed by atoms with E-state index in [9.17, 15) is 13.2 Å². The molecule has 0 aromatic rings. The van der Waals surface area contributed by atoms with Gasteiger partial charge in [0.1, 0.15) is 0 Å². The zero-order chi connectivity index (χ0) is 11.1. The topological polar surface area (TPSA) is 86.7 Å². The van der Waals surface area contributed by atoms with Crippen molar-refractivity contribution in [2.75, 3.05) is 13.1 Å². The summed E-state index contributed by atoms with van der Waals surface area (Å²) >= 11 is 0. The van der Waals surface area contributed by atoms with Crippen LogP contribution < -0.4 is 4.72 Å². The van der Waals surface area contributed by atoms with Gasteiger partial charge in [-0.1, -0.05) is 0 Å². The normalized spacial score (nSPS) is 31.3. The first-order valence-corrected chi connectivity index (χ1v) is 6.41. The van der Waals surface area contributed by atoms with Crippen LogP contribution >= 0.6 is 0 Å². The Labute approximate surface area is 88.4 Å². The molecule has 0 radical (unpaired) electrons. The zero-order valence-corrected chi connectivity index (χ0v) is 9.03. The molecule has 7 heteroatoms. The van der Waals surface area contributed by atoms with Crippen molar-refractivity contribution < 1.29 is 18.3 Å². The Morgan fingerprint density at radius 2 is 2.13 bits per heavy atom. The van der Waals surface area contributed by atoms with E-state index in [4.69, 9.17) is 5.11 Å². The van der Waals surface area contributed by atoms with Crippen molar-refractivity contribution in [3.05, 3.63) is 0 Å². The van der Waals surface area contributed by atoms with E-state index in [1.54, 1.807) is 0 Å². The Morgan fingerprint density at radius 1 is 1.47 bits per heavy atom. The minimum atomic E-state index is -3.34. The van der Waals surface area contributed by atoms with Crippen molar-refractivity contribution in [1.29, 1.82) is 0 Å². The van der Waals surface area contributed by atoms with E-state index in [2.05, 4.69) is 4.72 Å². The second kappa shape index (κ2) is 3.73. The Morgan fingerprint density at radius 3 is 2.67 bits per heavy atom. The summed E-state index contributed by atoms with van der Waals surface area (Å²) in [5.74, 6) is -0.997. The van der Waals surface area contributed by atoms with Crippen LogP contribution in [0.5, 0.6) is 0 Å². The number of aliphatic carboxylic acids is 1. The van der Waals surface area contributed by atoms with Gasteiger partial charge in [-0.15, -0.1) is 0 Å². The van der Waals surface area contributed by atoms with Gasteiger partial charge in [0.25, 0.3) is 10.2 Å². The molecular formula is C8H14N2O4S. The van der Waals surface area contributed by atoms with Crippen LogP contribution in [0.4, 0.5) is 0 Å². The molecule has 0 bridgehead atoms. The number of hydrogen-bond acceptors (Lipinski definition) is 3. The highest BCUT2D eigenvalue weighted by Gasteiger charge is 2.41. The summed E-state index contributed by atoms with van der Waals surface area (Å²) in [6.45, 7) is 0.574. The van der Waals surface area contributed by atoms with Gasteiger partial charge in [-0.05, 0) is 18.8 Å². The van der Waals surface area contributed by atoms with Gasteiger partial charge in [0.2, 0.25) is 0 Å². The quantitative estimate of drug-likeness (QED) is 0.682. The number of hydrogen-bond donors (Lipinski definition) is 2. The SMILES string of the molecule is O=C(O)CC1CNS(=O)(=O)N(C2CC2)C1. The average Bonchev–Trinajstić information content (AvgIpc) is 2.90. The maximum absolute atomic E-state index is 11.6. The summed E-state index contributed by atoms with van der Waals surface area (Å²) in [4.78, 5) is 10.5. The lowest BCUT2D eigenvalue weighted by molar-refractivity contribution is -0.138. The average molecular weight is 234 g/mol. The van der Waals surface area contributed by atoms with Gasteiger partial charge in [-0.25, -0.2) is 4.72 Å². The third-order valence-corrected chi connectivity index (χ3v) is 4.31. The molecular weight excluding hydrogens is 220 g/mol. The number of carbonyl (C=O) groups is 1. The Kier molecular flexibility index (Phi) is 2.70. The third-order valence-electron chi connectivity index (χ3n) is 2.72. The predicted molar refractivity (Wildman–Crippen MR) is 52.4 cm³/mol. The molecule has 0 amide bonds. The molecule has 1 saturated heterocycles. The monoisotopic (exact) mass is 234 g/mol. The maximum atomic E-state index is 11.6. The van der Waals surface area contributed by atoms with Crippen molar-refractivity contribution in [3.63, 3.8) is 0 Å². The van der Waals surface area contributed by atoms with Crippen LogP contribution in [0.15, 0.2) is 0 Å². The van der Waals surface area contributed by atoms with Crippen molar-refractivity contribution in [1.82, 2.24) is 9.03 Å². The fourth-order valence-electron chi connectivity index (χ4n) is 1.81. The zero-order valence-electron chi connectivity index (χ0n) is 8.22. The van der Waals surface area contributed by atoms with Gasteiger partial charge < -0.3 is 5.11 Å². The molecule has 1 aliphatic carbocycles. The highest BCUT2D eigenvalue weighted by molar-refractivity contribution is 7.87. The first-order valence-electron chi connectivity index (χ1n) is 4.97. The molecule has 0 aromatic heterocycles. The van der Waals surface area contributed by atoms with E-state index in [0.29, 0.717) is 6.54 Å². The summed E-state index contributed by atoms with van der Waals surface area (Å²) < 4.78 is 27.0. The van der Waals surface area contributed by atoms with Crippen molar-refractivity contribution in [2.45, 2.75) is 25.3 Å². The Bertz CT molecular complexity index is 363. The molecule has 1 atom stereocenters. The lowest BCUT2D eigenvalue weighted by Gasteiger charge is -2.31. The van der Waals surface area contributed by atoms with Crippen molar-refractivity contribution >= 4 is 16.2 Å². The minimum Gasteiger partial charge on any atom is -0.481 e. The van der Waals surface area contributed by atoms with Crippen LogP contribution in [0.3, 0.4) is 0 Å². The van der Waals surface area contributed by atoms with E-state index in [0.717, 1.165) is 12.8 Å². The molecule has 1 aliphatic heterocycles. The first kappa shape index (κ1) is 10.8. The minimum absolute atomic E-state index is 0.0196. The number of nitrogens with zero attached hydrogens (tertiary/aromatic N) is 1. The second-order valence-electron chi connectivity index (χ2n) is 4.12. The molecule has 0 spiro atoms. The van der Waals surface area contributed by atoms with Crippen molar-refractivity contribution in [2.24, 2.45) is 5.92 Å². The fraction of sp³-hybridized carbons (Fsp3) is 0.875. The molecule has 1 saturated carbocycles. The van der Waals surface area contributed by atoms with Gasteiger partial charge in [0.15, 0.2) is 0 Å². The smallest absolute Gasteiger partial charge is 0.303 e. The fourth-order valence-corrected chi connectivity index (χ4v) is 3.44. The highest BCUT2D eigenvalue weighted by Crippen LogP contribution is 2.31. The molecule has 2 aliphatic rings. The van der Waals surface area contributed by atoms with Crippen LogP contribution in [0.2, 0.25) is 0 Å². The lowest BCUT2D eigenvalue weighted by Crippen LogP contribution is -2.52. The molecule has 2 rings (SSSR count). The molecule has 1 unspecified atom stereocenters. The molecule has 86 valence electrons. The Hall–Kier alpha value is -0.660. The maximum Gasteiger partial charge on any atom is 0.303 e. The summed E-state index contributed by atoms with van der Waals surface area (Å²) in [6, 6.07) is 0.0964. The van der Waals surface area contributed by atoms with Crippen LogP contribution in [-0.2, 0) is 15.0 Å². The van der Waals surface area contributed by atoms with Gasteiger partial charge in [0.05, 0.1) is 6.42 Å². The van der Waals surface area contributed by atoms with Gasteiger partial charge in [-0.2, -0.15) is 12.7 Å². The van der Waals surface area contributed by atoms with E-state index in [1.807, 2.05) is 0 Å². The number of carboxylic acids is 1. The molecule has 15 heavy (non-hydrogen) atoms. The van der Waals surface area contributed by atoms with E-state index in [1.165, 1.54) is 4.31 Å². The molecule has 1 heterocycles. The highest BCUT2D eigenvalue weighted by atomic mass is 32.2. The number of carboxylic acid groups (broad SMARTS) is 1. The lowest BCUT2D eigenvalue weighted by atomic mass is 10.1. The second-order valence-corrected chi connectivity index (χ2v) is 5.83. The molecule has 0 aromatic carbocycles. The van der Waals surface area contributed by atoms with Gasteiger partial charge in [0, 0.05) is 19.1 Å². The van der Waals surface area contributed by atoms with E-state index < -0.39 is 16.2 Å². The third kappa shape index (κ3) is 2.47. The molecule has 2 fully saturated rings. The Balaban J connectivity index is 2.03. The molecule has 2 N–H and O–H groups in total. The summed E-state index contributed by atoms with van der Waals surface area (Å²) in [5.41, 5.74) is 0. The predicted octanol–water partition coefficient (Wildman–Crippen LogP) is -0.610. The van der Waals surface area contributed by atoms with Gasteiger partial charge in [-0.3, -0.25) is 4.79 Å². The summed E-state index contributed by atoms with van der Waals surface area (Å²) in [5, 5.41) is 8.64. The summed E-state index contributed by atoms with van der Waals surface area (Å²) in [6.07, 6.45) is 1.80. The van der Waals surface area contributed by atoms with Gasteiger partial charge >= 0.3 is 5.97 Å². The van der Waals surface area contributed by atoms with Crippen molar-refractivity contribution in [3.8, 4) is 0 Å². The van der Waals surface area contributed by atoms with Crippen LogP contribution in [0.25, 0.3) is 0 Å². The molecule has 6 nitrogen and oxygen atoms in total. The largest absolute Gasteiger partial charge is 0.481 e.